The van der Waals surface area contributed by atoms with Crippen molar-refractivity contribution in [1.29, 1.82) is 0 Å². The van der Waals surface area contributed by atoms with E-state index in [4.69, 9.17) is 0 Å². The van der Waals surface area contributed by atoms with Gasteiger partial charge >= 0.3 is 0 Å². The van der Waals surface area contributed by atoms with E-state index in [2.05, 4.69) is 5.32 Å². The summed E-state index contributed by atoms with van der Waals surface area (Å²) < 4.78 is 0. The highest BCUT2D eigenvalue weighted by atomic mass is 16.2. The maximum Gasteiger partial charge on any atom is 0.227 e. The third-order valence-corrected chi connectivity index (χ3v) is 4.36. The Balaban J connectivity index is 1.54. The summed E-state index contributed by atoms with van der Waals surface area (Å²) in [5.74, 6) is -0.285. The van der Waals surface area contributed by atoms with Gasteiger partial charge in [-0.25, -0.2) is 0 Å². The molecule has 24 heavy (non-hydrogen) atoms. The lowest BCUT2D eigenvalue weighted by atomic mass is 10.1. The molecule has 1 atom stereocenters. The summed E-state index contributed by atoms with van der Waals surface area (Å²) in [7, 11) is 0. The fourth-order valence-corrected chi connectivity index (χ4v) is 3.05. The number of hydrogen-bond donors (Lipinski definition) is 1. The van der Waals surface area contributed by atoms with Gasteiger partial charge in [0.05, 0.1) is 5.92 Å². The zero-order chi connectivity index (χ0) is 16.9. The van der Waals surface area contributed by atoms with E-state index in [1.807, 2.05) is 61.5 Å². The second-order valence-corrected chi connectivity index (χ2v) is 6.27. The molecule has 0 aliphatic carbocycles. The van der Waals surface area contributed by atoms with Crippen LogP contribution in [0.2, 0.25) is 0 Å². The highest BCUT2D eigenvalue weighted by Gasteiger charge is 2.34. The number of benzene rings is 2. The Morgan fingerprint density at radius 1 is 1.17 bits per heavy atom. The molecule has 1 N–H and O–H groups in total. The highest BCUT2D eigenvalue weighted by molar-refractivity contribution is 6.00. The molecular weight excluding hydrogens is 300 g/mol. The lowest BCUT2D eigenvalue weighted by Gasteiger charge is -2.17. The van der Waals surface area contributed by atoms with Gasteiger partial charge in [-0.15, -0.1) is 0 Å². The van der Waals surface area contributed by atoms with Crippen LogP contribution in [-0.4, -0.2) is 24.9 Å². The fraction of sp³-hybridized carbons (Fsp3) is 0.300. The summed E-state index contributed by atoms with van der Waals surface area (Å²) in [5.41, 5.74) is 3.18. The van der Waals surface area contributed by atoms with Crippen LogP contribution < -0.4 is 10.2 Å². The molecule has 3 rings (SSSR count). The van der Waals surface area contributed by atoms with Crippen molar-refractivity contribution in [2.45, 2.75) is 19.8 Å². The Hall–Kier alpha value is -2.62. The lowest BCUT2D eigenvalue weighted by Crippen LogP contribution is -2.34. The van der Waals surface area contributed by atoms with Gasteiger partial charge in [-0.1, -0.05) is 42.5 Å². The molecule has 124 valence electrons. The van der Waals surface area contributed by atoms with Crippen molar-refractivity contribution in [3.63, 3.8) is 0 Å². The molecule has 1 fully saturated rings. The van der Waals surface area contributed by atoms with E-state index in [0.29, 0.717) is 13.1 Å². The summed E-state index contributed by atoms with van der Waals surface area (Å²) in [6.45, 7) is 3.05. The molecule has 0 saturated carbocycles. The van der Waals surface area contributed by atoms with E-state index in [9.17, 15) is 9.59 Å². The molecule has 2 amide bonds. The number of nitrogens with one attached hydrogen (secondary N) is 1. The first-order chi connectivity index (χ1) is 11.6. The number of aryl methyl sites for hydroxylation is 1. The second-order valence-electron chi connectivity index (χ2n) is 6.27. The average Bonchev–Trinajstić information content (AvgIpc) is 2.98. The summed E-state index contributed by atoms with van der Waals surface area (Å²) in [5, 5.41) is 2.96. The molecule has 4 nitrogen and oxygen atoms in total. The Morgan fingerprint density at radius 3 is 2.71 bits per heavy atom. The number of amides is 2. The molecule has 2 aromatic rings. The summed E-state index contributed by atoms with van der Waals surface area (Å²) in [6, 6.07) is 17.9. The molecule has 0 spiro atoms. The van der Waals surface area contributed by atoms with Crippen LogP contribution in [0.15, 0.2) is 54.6 Å². The van der Waals surface area contributed by atoms with E-state index < -0.39 is 0 Å². The topological polar surface area (TPSA) is 49.4 Å². The standard InChI is InChI=1S/C20H22N2O2/c1-15-6-5-9-18(12-15)22-14-17(13-19(22)23)20(24)21-11-10-16-7-3-2-4-8-16/h2-9,12,17H,10-11,13-14H2,1H3,(H,21,24)/t17-/m1/s1. The normalized spacial score (nSPS) is 17.1. The summed E-state index contributed by atoms with van der Waals surface area (Å²) in [4.78, 5) is 26.3. The first-order valence-corrected chi connectivity index (χ1v) is 8.32. The van der Waals surface area contributed by atoms with Gasteiger partial charge in [0.2, 0.25) is 11.8 Å². The van der Waals surface area contributed by atoms with E-state index >= 15 is 0 Å². The van der Waals surface area contributed by atoms with E-state index in [1.165, 1.54) is 5.56 Å². The van der Waals surface area contributed by atoms with Crippen LogP contribution in [0.1, 0.15) is 17.5 Å². The lowest BCUT2D eigenvalue weighted by molar-refractivity contribution is -0.126. The van der Waals surface area contributed by atoms with Crippen LogP contribution in [0.3, 0.4) is 0 Å². The Labute approximate surface area is 142 Å². The number of rotatable bonds is 5. The summed E-state index contributed by atoms with van der Waals surface area (Å²) >= 11 is 0. The van der Waals surface area contributed by atoms with Gasteiger partial charge in [0, 0.05) is 25.2 Å². The molecule has 1 aliphatic heterocycles. The monoisotopic (exact) mass is 322 g/mol. The summed E-state index contributed by atoms with van der Waals surface area (Å²) in [6.07, 6.45) is 1.08. The van der Waals surface area contributed by atoms with Crippen molar-refractivity contribution in [2.24, 2.45) is 5.92 Å². The number of nitrogens with zero attached hydrogens (tertiary/aromatic N) is 1. The zero-order valence-corrected chi connectivity index (χ0v) is 13.9. The molecular formula is C20H22N2O2. The number of carbonyl (C=O) groups is 2. The van der Waals surface area contributed by atoms with Crippen molar-refractivity contribution in [2.75, 3.05) is 18.0 Å². The van der Waals surface area contributed by atoms with Crippen LogP contribution in [0.4, 0.5) is 5.69 Å². The molecule has 4 heteroatoms. The van der Waals surface area contributed by atoms with Crippen molar-refractivity contribution < 1.29 is 9.59 Å². The van der Waals surface area contributed by atoms with E-state index in [0.717, 1.165) is 17.7 Å². The highest BCUT2D eigenvalue weighted by Crippen LogP contribution is 2.25. The molecule has 0 bridgehead atoms. The van der Waals surface area contributed by atoms with E-state index in [-0.39, 0.29) is 24.2 Å². The van der Waals surface area contributed by atoms with Gasteiger partial charge in [0.1, 0.15) is 0 Å². The minimum Gasteiger partial charge on any atom is -0.355 e. The zero-order valence-electron chi connectivity index (χ0n) is 13.9. The van der Waals surface area contributed by atoms with Crippen molar-refractivity contribution in [3.8, 4) is 0 Å². The minimum atomic E-state index is -0.270. The predicted molar refractivity (Wildman–Crippen MR) is 94.8 cm³/mol. The smallest absolute Gasteiger partial charge is 0.227 e. The maximum atomic E-state index is 12.3. The van der Waals surface area contributed by atoms with Gasteiger partial charge in [0.25, 0.3) is 0 Å². The molecule has 1 saturated heterocycles. The van der Waals surface area contributed by atoms with Crippen LogP contribution in [-0.2, 0) is 16.0 Å². The second kappa shape index (κ2) is 7.30. The Morgan fingerprint density at radius 2 is 1.96 bits per heavy atom. The Bertz CT molecular complexity index is 727. The molecule has 2 aromatic carbocycles. The first-order valence-electron chi connectivity index (χ1n) is 8.32. The maximum absolute atomic E-state index is 12.3. The fourth-order valence-electron chi connectivity index (χ4n) is 3.05. The predicted octanol–water partition coefficient (Wildman–Crippen LogP) is 2.71. The number of carbonyl (C=O) groups excluding carboxylic acids is 2. The molecule has 0 radical (unpaired) electrons. The molecule has 1 aliphatic rings. The first kappa shape index (κ1) is 16.2. The van der Waals surface area contributed by atoms with Gasteiger partial charge in [-0.2, -0.15) is 0 Å². The Kier molecular flexibility index (Phi) is 4.94. The van der Waals surface area contributed by atoms with Gasteiger partial charge in [-0.05, 0) is 36.6 Å². The van der Waals surface area contributed by atoms with Gasteiger partial charge in [0.15, 0.2) is 0 Å². The van der Waals surface area contributed by atoms with Crippen molar-refractivity contribution >= 4 is 17.5 Å². The largest absolute Gasteiger partial charge is 0.355 e. The van der Waals surface area contributed by atoms with Crippen molar-refractivity contribution in [3.05, 3.63) is 65.7 Å². The van der Waals surface area contributed by atoms with Crippen LogP contribution in [0, 0.1) is 12.8 Å². The van der Waals surface area contributed by atoms with E-state index in [1.54, 1.807) is 4.90 Å². The third kappa shape index (κ3) is 3.82. The number of hydrogen-bond acceptors (Lipinski definition) is 2. The van der Waals surface area contributed by atoms with Crippen LogP contribution >= 0.6 is 0 Å². The van der Waals surface area contributed by atoms with Gasteiger partial charge in [-0.3, -0.25) is 9.59 Å². The quantitative estimate of drug-likeness (QED) is 0.920. The number of anilines is 1. The molecule has 0 unspecified atom stereocenters. The SMILES string of the molecule is Cc1cccc(N2C[C@H](C(=O)NCCc3ccccc3)CC2=O)c1. The van der Waals surface area contributed by atoms with Crippen LogP contribution in [0.5, 0.6) is 0 Å². The third-order valence-electron chi connectivity index (χ3n) is 4.36. The van der Waals surface area contributed by atoms with Crippen LogP contribution in [0.25, 0.3) is 0 Å². The molecule has 0 aromatic heterocycles. The minimum absolute atomic E-state index is 0.0174. The van der Waals surface area contributed by atoms with Crippen molar-refractivity contribution in [1.82, 2.24) is 5.32 Å². The average molecular weight is 322 g/mol. The molecule has 1 heterocycles. The van der Waals surface area contributed by atoms with Gasteiger partial charge < -0.3 is 10.2 Å².